The Morgan fingerprint density at radius 1 is 1.05 bits per heavy atom. The van der Waals surface area contributed by atoms with E-state index >= 15 is 0 Å². The van der Waals surface area contributed by atoms with Gasteiger partial charge in [-0.15, -0.1) is 0 Å². The van der Waals surface area contributed by atoms with Gasteiger partial charge in [-0.05, 0) is 94.4 Å². The maximum atomic E-state index is 12.9. The molecule has 1 N–H and O–H groups in total. The van der Waals surface area contributed by atoms with Gasteiger partial charge >= 0.3 is 0 Å². The van der Waals surface area contributed by atoms with Crippen molar-refractivity contribution >= 4 is 57.5 Å². The predicted octanol–water partition coefficient (Wildman–Crippen LogP) is 7.57. The highest BCUT2D eigenvalue weighted by Crippen LogP contribution is 2.35. The van der Waals surface area contributed by atoms with Crippen molar-refractivity contribution < 1.29 is 23.9 Å². The van der Waals surface area contributed by atoms with Crippen LogP contribution in [-0.4, -0.2) is 17.9 Å². The van der Waals surface area contributed by atoms with Gasteiger partial charge in [0.15, 0.2) is 11.5 Å². The highest BCUT2D eigenvalue weighted by Gasteiger charge is 2.15. The quantitative estimate of drug-likeness (QED) is 0.0565. The van der Waals surface area contributed by atoms with E-state index in [-0.39, 0.29) is 17.9 Å². The summed E-state index contributed by atoms with van der Waals surface area (Å²) in [5.74, 6) is 0.893. The Balaban J connectivity index is 1.41. The Morgan fingerprint density at radius 2 is 1.76 bits per heavy atom. The summed E-state index contributed by atoms with van der Waals surface area (Å²) in [4.78, 5) is 23.3. The zero-order valence-corrected chi connectivity index (χ0v) is 25.1. The number of hydrogen-bond donors (Lipinski definition) is 1. The van der Waals surface area contributed by atoms with E-state index in [4.69, 9.17) is 25.8 Å². The smallest absolute Gasteiger partial charge is 0.269 e. The fourth-order valence-corrected chi connectivity index (χ4v) is 4.73. The molecule has 0 aliphatic rings. The zero-order chi connectivity index (χ0) is 30.1. The number of benzene rings is 4. The van der Waals surface area contributed by atoms with Gasteiger partial charge in [-0.3, -0.25) is 14.9 Å². The highest BCUT2D eigenvalue weighted by molar-refractivity contribution is 14.1. The molecule has 0 aliphatic heterocycles. The number of ether oxygens (including phenoxy) is 3. The summed E-state index contributed by atoms with van der Waals surface area (Å²) in [6, 6.07) is 25.6. The number of methoxy groups -OCH3 is 1. The van der Waals surface area contributed by atoms with E-state index in [1.165, 1.54) is 25.3 Å². The number of nitro groups is 1. The van der Waals surface area contributed by atoms with Gasteiger partial charge in [-0.25, -0.2) is 0 Å². The van der Waals surface area contributed by atoms with Crippen molar-refractivity contribution in [3.63, 3.8) is 0 Å². The number of non-ortho nitro benzene ring substituents is 1. The predicted molar refractivity (Wildman–Crippen MR) is 168 cm³/mol. The van der Waals surface area contributed by atoms with Gasteiger partial charge in [0.05, 0.1) is 15.6 Å². The van der Waals surface area contributed by atoms with Crippen molar-refractivity contribution in [3.05, 3.63) is 126 Å². The number of amides is 1. The number of hydrogen-bond acceptors (Lipinski definition) is 7. The number of anilines is 1. The average molecular weight is 696 g/mol. The topological polar surface area (TPSA) is 124 Å². The lowest BCUT2D eigenvalue weighted by Crippen LogP contribution is -2.13. The van der Waals surface area contributed by atoms with Crippen LogP contribution in [0.25, 0.3) is 6.08 Å². The molecule has 4 rings (SSSR count). The maximum Gasteiger partial charge on any atom is 0.269 e. The number of rotatable bonds is 11. The third-order valence-electron chi connectivity index (χ3n) is 5.92. The molecule has 0 radical (unpaired) electrons. The first-order valence-corrected chi connectivity index (χ1v) is 13.9. The van der Waals surface area contributed by atoms with Crippen LogP contribution < -0.4 is 19.5 Å². The van der Waals surface area contributed by atoms with Gasteiger partial charge in [-0.1, -0.05) is 29.8 Å². The van der Waals surface area contributed by atoms with E-state index in [0.29, 0.717) is 43.7 Å². The fourth-order valence-electron chi connectivity index (χ4n) is 3.76. The molecule has 42 heavy (non-hydrogen) atoms. The molecule has 0 aromatic heterocycles. The first-order chi connectivity index (χ1) is 20.3. The van der Waals surface area contributed by atoms with Crippen LogP contribution in [0.3, 0.4) is 0 Å². The molecule has 0 saturated heterocycles. The monoisotopic (exact) mass is 695 g/mol. The highest BCUT2D eigenvalue weighted by atomic mass is 127. The Hall–Kier alpha value is -4.60. The molecule has 9 nitrogen and oxygen atoms in total. The largest absolute Gasteiger partial charge is 0.493 e. The van der Waals surface area contributed by atoms with Gasteiger partial charge < -0.3 is 19.5 Å². The van der Waals surface area contributed by atoms with Crippen LogP contribution in [0.2, 0.25) is 5.02 Å². The lowest BCUT2D eigenvalue weighted by atomic mass is 10.1. The molecule has 0 fully saturated rings. The normalized spacial score (nSPS) is 10.9. The Kier molecular flexibility index (Phi) is 10.4. The molecule has 0 saturated carbocycles. The maximum absolute atomic E-state index is 12.9. The van der Waals surface area contributed by atoms with Crippen LogP contribution >= 0.6 is 34.2 Å². The number of halogens is 2. The fraction of sp³-hybridized carbons (Fsp3) is 0.0968. The number of nitrogens with one attached hydrogen (secondary N) is 1. The molecule has 0 unspecified atom stereocenters. The number of carbonyl (C=O) groups excluding carboxylic acids is 1. The minimum Gasteiger partial charge on any atom is -0.493 e. The zero-order valence-electron chi connectivity index (χ0n) is 22.2. The van der Waals surface area contributed by atoms with Crippen LogP contribution in [0, 0.1) is 25.0 Å². The van der Waals surface area contributed by atoms with E-state index in [1.807, 2.05) is 24.3 Å². The van der Waals surface area contributed by atoms with Gasteiger partial charge in [0, 0.05) is 28.4 Å². The second-order valence-electron chi connectivity index (χ2n) is 8.77. The van der Waals surface area contributed by atoms with Crippen LogP contribution in [0.4, 0.5) is 11.4 Å². The molecule has 212 valence electrons. The van der Waals surface area contributed by atoms with Crippen LogP contribution in [0.1, 0.15) is 16.7 Å². The van der Waals surface area contributed by atoms with Crippen molar-refractivity contribution in [2.45, 2.75) is 13.2 Å². The summed E-state index contributed by atoms with van der Waals surface area (Å²) in [5, 5.41) is 23.9. The summed E-state index contributed by atoms with van der Waals surface area (Å²) >= 11 is 8.24. The summed E-state index contributed by atoms with van der Waals surface area (Å²) in [7, 11) is 1.48. The van der Waals surface area contributed by atoms with E-state index in [9.17, 15) is 20.2 Å². The van der Waals surface area contributed by atoms with Crippen molar-refractivity contribution in [1.29, 1.82) is 5.26 Å². The minimum absolute atomic E-state index is 0.00462. The first-order valence-electron chi connectivity index (χ1n) is 12.4. The SMILES string of the molecule is COc1cc(/C=C(\C#N)C(=O)Nc2ccc(OCc3ccccc3Cl)cc2)cc(I)c1OCc1ccc([N+](=O)[O-])cc1. The molecule has 4 aromatic rings. The van der Waals surface area contributed by atoms with Gasteiger partial charge in [0.2, 0.25) is 0 Å². The number of nitrogens with zero attached hydrogens (tertiary/aromatic N) is 2. The van der Waals surface area contributed by atoms with Crippen molar-refractivity contribution in [2.24, 2.45) is 0 Å². The van der Waals surface area contributed by atoms with Crippen molar-refractivity contribution in [2.75, 3.05) is 12.4 Å². The minimum atomic E-state index is -0.574. The number of carbonyl (C=O) groups is 1. The van der Waals surface area contributed by atoms with E-state index in [1.54, 1.807) is 54.6 Å². The summed E-state index contributed by atoms with van der Waals surface area (Å²) in [6.45, 7) is 0.463. The molecule has 0 atom stereocenters. The molecule has 0 spiro atoms. The molecule has 11 heteroatoms. The van der Waals surface area contributed by atoms with E-state index < -0.39 is 10.8 Å². The second kappa shape index (κ2) is 14.3. The lowest BCUT2D eigenvalue weighted by Gasteiger charge is -2.14. The summed E-state index contributed by atoms with van der Waals surface area (Å²) in [5.41, 5.74) is 2.55. The van der Waals surface area contributed by atoms with Crippen LogP contribution in [0.15, 0.2) is 90.5 Å². The molecule has 0 heterocycles. The van der Waals surface area contributed by atoms with Gasteiger partial charge in [0.25, 0.3) is 11.6 Å². The summed E-state index contributed by atoms with van der Waals surface area (Å²) < 4.78 is 17.9. The van der Waals surface area contributed by atoms with Crippen molar-refractivity contribution in [1.82, 2.24) is 0 Å². The molecule has 4 aromatic carbocycles. The molecular formula is C31H23ClIN3O6. The first kappa shape index (κ1) is 30.4. The molecule has 0 aliphatic carbocycles. The molecule has 1 amide bonds. The Bertz CT molecular complexity index is 1670. The van der Waals surface area contributed by atoms with Gasteiger partial charge in [0.1, 0.15) is 30.6 Å². The van der Waals surface area contributed by atoms with E-state index in [2.05, 4.69) is 27.9 Å². The third-order valence-corrected chi connectivity index (χ3v) is 7.09. The standard InChI is InChI=1S/C31H23ClIN3O6/c1-40-29-16-21(15-28(33)30(29)42-18-20-6-10-25(11-7-20)36(38)39)14-23(17-34)31(37)35-24-8-12-26(13-9-24)41-19-22-4-2-3-5-27(22)32/h2-16H,18-19H2,1H3,(H,35,37)/b23-14+. The third kappa shape index (κ3) is 7.99. The van der Waals surface area contributed by atoms with E-state index in [0.717, 1.165) is 11.1 Å². The van der Waals surface area contributed by atoms with Crippen LogP contribution in [-0.2, 0) is 18.0 Å². The lowest BCUT2D eigenvalue weighted by molar-refractivity contribution is -0.384. The Labute approximate surface area is 260 Å². The number of nitro benzene ring substituents is 1. The summed E-state index contributed by atoms with van der Waals surface area (Å²) in [6.07, 6.45) is 1.46. The van der Waals surface area contributed by atoms with Crippen molar-refractivity contribution in [3.8, 4) is 23.3 Å². The molecular weight excluding hydrogens is 673 g/mol. The van der Waals surface area contributed by atoms with Gasteiger partial charge in [-0.2, -0.15) is 5.26 Å². The average Bonchev–Trinajstić information content (AvgIpc) is 2.99. The molecule has 0 bridgehead atoms. The van der Waals surface area contributed by atoms with Crippen LogP contribution in [0.5, 0.6) is 17.2 Å². The number of nitriles is 1. The second-order valence-corrected chi connectivity index (χ2v) is 10.3. The Morgan fingerprint density at radius 3 is 2.40 bits per heavy atom.